The quantitative estimate of drug-likeness (QED) is 0.731. The highest BCUT2D eigenvalue weighted by atomic mass is 35.7. The minimum Gasteiger partial charge on any atom is -0.493 e. The molecule has 0 spiro atoms. The fourth-order valence-electron chi connectivity index (χ4n) is 2.14. The van der Waals surface area contributed by atoms with Crippen LogP contribution in [0.4, 0.5) is 0 Å². The summed E-state index contributed by atoms with van der Waals surface area (Å²) in [5.41, 5.74) is 2.22. The van der Waals surface area contributed by atoms with E-state index in [0.29, 0.717) is 13.0 Å². The maximum atomic E-state index is 11.2. The van der Waals surface area contributed by atoms with Gasteiger partial charge in [-0.1, -0.05) is 39.8 Å². The number of hydrogen-bond acceptors (Lipinski definition) is 3. The Kier molecular flexibility index (Phi) is 6.11. The molecule has 0 saturated heterocycles. The minimum absolute atomic E-state index is 0.0245. The summed E-state index contributed by atoms with van der Waals surface area (Å²) < 4.78 is 28.3. The largest absolute Gasteiger partial charge is 0.493 e. The van der Waals surface area contributed by atoms with E-state index < -0.39 is 9.05 Å². The average molecular weight is 333 g/mol. The molecular formula is C16H25ClO3S. The molecular weight excluding hydrogens is 308 g/mol. The molecule has 3 nitrogen and oxygen atoms in total. The highest BCUT2D eigenvalue weighted by molar-refractivity contribution is 8.13. The average Bonchev–Trinajstić information content (AvgIpc) is 2.31. The van der Waals surface area contributed by atoms with Gasteiger partial charge in [0.25, 0.3) is 0 Å². The summed E-state index contributed by atoms with van der Waals surface area (Å²) in [5, 5.41) is 0. The molecule has 0 radical (unpaired) electrons. The number of ether oxygens (including phenoxy) is 1. The van der Waals surface area contributed by atoms with Crippen LogP contribution >= 0.6 is 10.7 Å². The van der Waals surface area contributed by atoms with Crippen LogP contribution in [-0.4, -0.2) is 20.8 Å². The third-order valence-electron chi connectivity index (χ3n) is 3.43. The lowest BCUT2D eigenvalue weighted by Crippen LogP contribution is -2.21. The van der Waals surface area contributed by atoms with Crippen molar-refractivity contribution in [1.29, 1.82) is 0 Å². The molecule has 1 atom stereocenters. The van der Waals surface area contributed by atoms with Crippen molar-refractivity contribution in [2.75, 3.05) is 12.4 Å². The smallest absolute Gasteiger partial charge is 0.232 e. The first-order valence-corrected chi connectivity index (χ1v) is 9.67. The van der Waals surface area contributed by atoms with Gasteiger partial charge in [0.05, 0.1) is 12.4 Å². The number of aryl methyl sites for hydroxylation is 1. The van der Waals surface area contributed by atoms with Crippen molar-refractivity contribution < 1.29 is 13.2 Å². The molecule has 1 aromatic carbocycles. The van der Waals surface area contributed by atoms with E-state index in [9.17, 15) is 8.42 Å². The molecule has 0 aliphatic carbocycles. The van der Waals surface area contributed by atoms with E-state index in [1.807, 2.05) is 19.9 Å². The van der Waals surface area contributed by atoms with E-state index >= 15 is 0 Å². The molecule has 0 aromatic heterocycles. The maximum absolute atomic E-state index is 11.2. The zero-order valence-corrected chi connectivity index (χ0v) is 15.0. The van der Waals surface area contributed by atoms with Crippen LogP contribution in [0, 0.1) is 12.8 Å². The fraction of sp³-hybridized carbons (Fsp3) is 0.625. The summed E-state index contributed by atoms with van der Waals surface area (Å²) in [7, 11) is 1.84. The van der Waals surface area contributed by atoms with E-state index in [4.69, 9.17) is 15.4 Å². The van der Waals surface area contributed by atoms with E-state index in [0.717, 1.165) is 16.9 Å². The predicted molar refractivity (Wildman–Crippen MR) is 88.8 cm³/mol. The van der Waals surface area contributed by atoms with Crippen LogP contribution < -0.4 is 4.74 Å². The molecule has 1 rings (SSSR count). The van der Waals surface area contributed by atoms with Crippen LogP contribution in [0.15, 0.2) is 18.2 Å². The molecule has 5 heteroatoms. The zero-order chi connectivity index (χ0) is 16.3. The third kappa shape index (κ3) is 6.27. The van der Waals surface area contributed by atoms with Crippen molar-refractivity contribution in [3.8, 4) is 5.75 Å². The van der Waals surface area contributed by atoms with Crippen molar-refractivity contribution in [2.45, 2.75) is 46.5 Å². The van der Waals surface area contributed by atoms with E-state index in [-0.39, 0.29) is 17.1 Å². The van der Waals surface area contributed by atoms with Gasteiger partial charge < -0.3 is 4.74 Å². The van der Waals surface area contributed by atoms with Gasteiger partial charge in [-0.05, 0) is 36.0 Å². The summed E-state index contributed by atoms with van der Waals surface area (Å²) in [6.07, 6.45) is 0.711. The fourth-order valence-corrected chi connectivity index (χ4v) is 3.57. The first-order chi connectivity index (χ1) is 9.53. The molecule has 0 aliphatic rings. The second-order valence-electron chi connectivity index (χ2n) is 6.54. The molecule has 0 aliphatic heterocycles. The van der Waals surface area contributed by atoms with Crippen LogP contribution in [-0.2, 0) is 14.5 Å². The van der Waals surface area contributed by atoms with Gasteiger partial charge in [0, 0.05) is 16.6 Å². The van der Waals surface area contributed by atoms with Crippen LogP contribution in [0.1, 0.15) is 45.2 Å². The molecule has 0 bridgehead atoms. The van der Waals surface area contributed by atoms with Crippen LogP contribution in [0.5, 0.6) is 5.75 Å². The molecule has 0 fully saturated rings. The molecule has 0 amide bonds. The lowest BCUT2D eigenvalue weighted by molar-refractivity contribution is 0.252. The zero-order valence-electron chi connectivity index (χ0n) is 13.4. The van der Waals surface area contributed by atoms with Gasteiger partial charge in [-0.3, -0.25) is 0 Å². The van der Waals surface area contributed by atoms with Crippen molar-refractivity contribution in [3.05, 3.63) is 29.3 Å². The second-order valence-corrected chi connectivity index (χ2v) is 9.36. The Hall–Kier alpha value is -0.740. The highest BCUT2D eigenvalue weighted by Gasteiger charge is 2.21. The SMILES string of the molecule is CCC(COc1cc(C)ccc1C(C)(C)C)CS(=O)(=O)Cl. The van der Waals surface area contributed by atoms with E-state index in [1.165, 1.54) is 0 Å². The summed E-state index contributed by atoms with van der Waals surface area (Å²) in [6, 6.07) is 6.14. The van der Waals surface area contributed by atoms with Crippen molar-refractivity contribution in [2.24, 2.45) is 5.92 Å². The first-order valence-electron chi connectivity index (χ1n) is 7.19. The van der Waals surface area contributed by atoms with E-state index in [1.54, 1.807) is 0 Å². The molecule has 21 heavy (non-hydrogen) atoms. The first kappa shape index (κ1) is 18.3. The Bertz CT molecular complexity index is 574. The lowest BCUT2D eigenvalue weighted by atomic mass is 9.86. The monoisotopic (exact) mass is 332 g/mol. The molecule has 1 aromatic rings. The Balaban J connectivity index is 2.90. The minimum atomic E-state index is -3.49. The van der Waals surface area contributed by atoms with Crippen molar-refractivity contribution in [1.82, 2.24) is 0 Å². The Labute approximate surface area is 133 Å². The van der Waals surface area contributed by atoms with E-state index in [2.05, 4.69) is 32.9 Å². The Morgan fingerprint density at radius 3 is 2.38 bits per heavy atom. The maximum Gasteiger partial charge on any atom is 0.232 e. The summed E-state index contributed by atoms with van der Waals surface area (Å²) in [5.74, 6) is 0.676. The van der Waals surface area contributed by atoms with Gasteiger partial charge in [0.2, 0.25) is 9.05 Å². The second kappa shape index (κ2) is 7.01. The summed E-state index contributed by atoms with van der Waals surface area (Å²) in [4.78, 5) is 0. The molecule has 0 heterocycles. The molecule has 120 valence electrons. The van der Waals surface area contributed by atoms with Crippen molar-refractivity contribution in [3.63, 3.8) is 0 Å². The number of halogens is 1. The summed E-state index contributed by atoms with van der Waals surface area (Å²) in [6.45, 7) is 10.7. The van der Waals surface area contributed by atoms with Gasteiger partial charge in [-0.25, -0.2) is 8.42 Å². The Morgan fingerprint density at radius 1 is 1.29 bits per heavy atom. The highest BCUT2D eigenvalue weighted by Crippen LogP contribution is 2.32. The van der Waals surface area contributed by atoms with Crippen LogP contribution in [0.25, 0.3) is 0 Å². The normalized spacial score (nSPS) is 14.0. The Morgan fingerprint density at radius 2 is 1.90 bits per heavy atom. The topological polar surface area (TPSA) is 43.4 Å². The van der Waals surface area contributed by atoms with Crippen LogP contribution in [0.2, 0.25) is 0 Å². The van der Waals surface area contributed by atoms with Gasteiger partial charge in [0.1, 0.15) is 5.75 Å². The standard InChI is InChI=1S/C16H25ClO3S/c1-6-13(11-21(17,18)19)10-20-15-9-12(2)7-8-14(15)16(3,4)5/h7-9,13H,6,10-11H2,1-5H3. The number of rotatable bonds is 6. The van der Waals surface area contributed by atoms with Gasteiger partial charge in [-0.2, -0.15) is 0 Å². The molecule has 0 saturated carbocycles. The summed E-state index contributed by atoms with van der Waals surface area (Å²) >= 11 is 0. The number of benzene rings is 1. The van der Waals surface area contributed by atoms with Crippen LogP contribution in [0.3, 0.4) is 0 Å². The third-order valence-corrected chi connectivity index (χ3v) is 4.68. The predicted octanol–water partition coefficient (Wildman–Crippen LogP) is 4.27. The van der Waals surface area contributed by atoms with Crippen molar-refractivity contribution >= 4 is 19.7 Å². The van der Waals surface area contributed by atoms with Gasteiger partial charge in [-0.15, -0.1) is 0 Å². The van der Waals surface area contributed by atoms with Gasteiger partial charge >= 0.3 is 0 Å². The number of hydrogen-bond donors (Lipinski definition) is 0. The lowest BCUT2D eigenvalue weighted by Gasteiger charge is -2.24. The van der Waals surface area contributed by atoms with Gasteiger partial charge in [0.15, 0.2) is 0 Å². The molecule has 0 N–H and O–H groups in total. The molecule has 1 unspecified atom stereocenters.